The molecular weight excluding hydrogens is 414 g/mol. The number of aliphatic hydroxyl groups is 3. The molecule has 1 saturated heterocycles. The fourth-order valence-corrected chi connectivity index (χ4v) is 9.92. The molecule has 1 heterocycles. The highest BCUT2D eigenvalue weighted by molar-refractivity contribution is 5.90. The van der Waals surface area contributed by atoms with Crippen molar-refractivity contribution in [2.75, 3.05) is 41.0 Å². The quantitative estimate of drug-likeness (QED) is 0.487. The number of nitrogens with zero attached hydrogens (tertiary/aromatic N) is 1. The van der Waals surface area contributed by atoms with E-state index in [4.69, 9.17) is 14.2 Å². The molecule has 0 radical (unpaired) electrons. The Balaban J connectivity index is 1.69. The van der Waals surface area contributed by atoms with Crippen LogP contribution in [0.25, 0.3) is 0 Å². The van der Waals surface area contributed by atoms with Crippen molar-refractivity contribution in [1.29, 1.82) is 0 Å². The SMILES string of the molecule is CCN1CC2(COC)C=CC(O)C34C5CC6C(=O)C5C(O)(CC6OC)C(O)(C(OC)C23)C14. The van der Waals surface area contributed by atoms with Crippen LogP contribution < -0.4 is 0 Å². The monoisotopic (exact) mass is 449 g/mol. The number of likely N-dealkylation sites (N-methyl/N-ethyl adjacent to an activating group) is 1. The Bertz CT molecular complexity index is 880. The van der Waals surface area contributed by atoms with Gasteiger partial charge in [0.15, 0.2) is 0 Å². The Morgan fingerprint density at radius 3 is 2.59 bits per heavy atom. The van der Waals surface area contributed by atoms with E-state index in [2.05, 4.69) is 4.90 Å². The molecule has 6 rings (SSSR count). The molecule has 5 fully saturated rings. The van der Waals surface area contributed by atoms with Gasteiger partial charge in [-0.05, 0) is 18.9 Å². The molecule has 0 aromatic carbocycles. The first kappa shape index (κ1) is 21.6. The van der Waals surface area contributed by atoms with E-state index >= 15 is 0 Å². The maximum Gasteiger partial charge on any atom is 0.144 e. The van der Waals surface area contributed by atoms with E-state index in [1.54, 1.807) is 21.3 Å². The second-order valence-corrected chi connectivity index (χ2v) is 11.1. The Labute approximate surface area is 188 Å². The predicted molar refractivity (Wildman–Crippen MR) is 113 cm³/mol. The zero-order valence-corrected chi connectivity index (χ0v) is 19.2. The fraction of sp³-hybridized carbons (Fsp3) is 0.875. The van der Waals surface area contributed by atoms with Crippen LogP contribution in [-0.2, 0) is 19.0 Å². The summed E-state index contributed by atoms with van der Waals surface area (Å²) in [6, 6.07) is -0.534. The first-order valence-electron chi connectivity index (χ1n) is 11.9. The van der Waals surface area contributed by atoms with E-state index in [1.165, 1.54) is 0 Å². The van der Waals surface area contributed by atoms with Gasteiger partial charge in [0.25, 0.3) is 0 Å². The van der Waals surface area contributed by atoms with Crippen LogP contribution in [0, 0.1) is 34.5 Å². The Hall–Kier alpha value is -0.870. The first-order chi connectivity index (χ1) is 15.2. The van der Waals surface area contributed by atoms with Gasteiger partial charge in [-0.2, -0.15) is 0 Å². The average molecular weight is 450 g/mol. The number of carbonyl (C=O) groups is 1. The summed E-state index contributed by atoms with van der Waals surface area (Å²) in [7, 11) is 4.80. The Morgan fingerprint density at radius 1 is 1.22 bits per heavy atom. The van der Waals surface area contributed by atoms with Crippen molar-refractivity contribution in [1.82, 2.24) is 4.90 Å². The molecule has 1 aliphatic heterocycles. The van der Waals surface area contributed by atoms with Gasteiger partial charge in [0, 0.05) is 57.0 Å². The molecule has 6 aliphatic rings. The topological polar surface area (TPSA) is 109 Å². The number of rotatable bonds is 5. The number of ether oxygens (including phenoxy) is 3. The van der Waals surface area contributed by atoms with Gasteiger partial charge in [0.2, 0.25) is 0 Å². The van der Waals surface area contributed by atoms with Crippen molar-refractivity contribution in [3.05, 3.63) is 12.2 Å². The number of hydrogen-bond donors (Lipinski definition) is 3. The van der Waals surface area contributed by atoms with Crippen LogP contribution in [-0.4, -0.2) is 103 Å². The lowest BCUT2D eigenvalue weighted by molar-refractivity contribution is -0.289. The van der Waals surface area contributed by atoms with E-state index in [1.807, 2.05) is 19.1 Å². The summed E-state index contributed by atoms with van der Waals surface area (Å²) in [5.41, 5.74) is -4.73. The minimum atomic E-state index is -1.73. The van der Waals surface area contributed by atoms with Crippen molar-refractivity contribution >= 4 is 5.78 Å². The van der Waals surface area contributed by atoms with Crippen LogP contribution in [0.5, 0.6) is 0 Å². The van der Waals surface area contributed by atoms with E-state index in [-0.39, 0.29) is 30.0 Å². The molecule has 0 aromatic rings. The molecule has 4 saturated carbocycles. The van der Waals surface area contributed by atoms with Gasteiger partial charge in [-0.15, -0.1) is 0 Å². The van der Waals surface area contributed by atoms with Crippen molar-refractivity contribution in [2.45, 2.75) is 55.3 Å². The normalized spacial score (nSPS) is 59.7. The number of Topliss-reactive ketones (excluding diaryl/α,β-unsaturated/α-hetero) is 1. The van der Waals surface area contributed by atoms with Gasteiger partial charge in [0.1, 0.15) is 17.0 Å². The predicted octanol–water partition coefficient (Wildman–Crippen LogP) is -0.399. The van der Waals surface area contributed by atoms with Crippen molar-refractivity contribution in [2.24, 2.45) is 34.5 Å². The summed E-state index contributed by atoms with van der Waals surface area (Å²) in [5.74, 6) is -1.65. The lowest BCUT2D eigenvalue weighted by Crippen LogP contribution is -2.81. The van der Waals surface area contributed by atoms with E-state index in [0.29, 0.717) is 26.1 Å². The molecular formula is C24H35NO7. The molecule has 0 amide bonds. The highest BCUT2D eigenvalue weighted by atomic mass is 16.5. The molecule has 12 unspecified atom stereocenters. The lowest BCUT2D eigenvalue weighted by atomic mass is 9.44. The smallest absolute Gasteiger partial charge is 0.144 e. The number of ketones is 1. The first-order valence-corrected chi connectivity index (χ1v) is 11.9. The van der Waals surface area contributed by atoms with E-state index in [0.717, 1.165) is 0 Å². The molecule has 0 aromatic heterocycles. The number of methoxy groups -OCH3 is 3. The number of piperidine rings is 1. The maximum atomic E-state index is 13.6. The summed E-state index contributed by atoms with van der Waals surface area (Å²) in [5, 5.41) is 36.8. The van der Waals surface area contributed by atoms with Gasteiger partial charge >= 0.3 is 0 Å². The second kappa shape index (κ2) is 6.42. The third kappa shape index (κ3) is 1.90. The molecule has 5 aliphatic carbocycles. The third-order valence-corrected chi connectivity index (χ3v) is 10.5. The number of likely N-dealkylation sites (tertiary alicyclic amines) is 1. The minimum absolute atomic E-state index is 0.0370. The molecule has 3 N–H and O–H groups in total. The van der Waals surface area contributed by atoms with E-state index in [9.17, 15) is 20.1 Å². The molecule has 8 nitrogen and oxygen atoms in total. The van der Waals surface area contributed by atoms with E-state index < -0.39 is 52.3 Å². The van der Waals surface area contributed by atoms with Crippen LogP contribution in [0.2, 0.25) is 0 Å². The van der Waals surface area contributed by atoms with Crippen LogP contribution >= 0.6 is 0 Å². The fourth-order valence-electron chi connectivity index (χ4n) is 9.92. The highest BCUT2D eigenvalue weighted by Gasteiger charge is 2.91. The standard InChI is InChI=1S/C24H35NO7/c1-5-25-10-21(11-30-2)7-6-15(26)23-13-8-12-14(31-3)9-22(28,16(13)17(12)27)24(29,20(23)25)19(32-4)18(21)23/h6-7,12-16,18-20,26,28-29H,5,8-11H2,1-4H3. The van der Waals surface area contributed by atoms with Crippen LogP contribution in [0.15, 0.2) is 12.2 Å². The van der Waals surface area contributed by atoms with Gasteiger partial charge in [-0.1, -0.05) is 19.1 Å². The van der Waals surface area contributed by atoms with Gasteiger partial charge in [-0.3, -0.25) is 9.69 Å². The average Bonchev–Trinajstić information content (AvgIpc) is 3.14. The molecule has 7 bridgehead atoms. The summed E-state index contributed by atoms with van der Waals surface area (Å²) in [4.78, 5) is 15.8. The van der Waals surface area contributed by atoms with Crippen molar-refractivity contribution < 1.29 is 34.3 Å². The van der Waals surface area contributed by atoms with Crippen LogP contribution in [0.4, 0.5) is 0 Å². The number of aliphatic hydroxyl groups excluding tert-OH is 1. The van der Waals surface area contributed by atoms with Crippen molar-refractivity contribution in [3.63, 3.8) is 0 Å². The highest BCUT2D eigenvalue weighted by Crippen LogP contribution is 2.78. The summed E-state index contributed by atoms with van der Waals surface area (Å²) in [6.07, 6.45) is 2.56. The largest absolute Gasteiger partial charge is 0.388 e. The Morgan fingerprint density at radius 2 is 1.97 bits per heavy atom. The number of hydrogen-bond acceptors (Lipinski definition) is 8. The molecule has 1 spiro atoms. The molecule has 8 heteroatoms. The number of fused-ring (bicyclic) bond motifs is 2. The van der Waals surface area contributed by atoms with Crippen LogP contribution in [0.1, 0.15) is 19.8 Å². The van der Waals surface area contributed by atoms with Crippen LogP contribution in [0.3, 0.4) is 0 Å². The van der Waals surface area contributed by atoms with Crippen molar-refractivity contribution in [3.8, 4) is 0 Å². The molecule has 32 heavy (non-hydrogen) atoms. The zero-order valence-electron chi connectivity index (χ0n) is 19.2. The third-order valence-electron chi connectivity index (χ3n) is 10.5. The second-order valence-electron chi connectivity index (χ2n) is 11.1. The lowest BCUT2D eigenvalue weighted by Gasteiger charge is -2.67. The Kier molecular flexibility index (Phi) is 4.34. The summed E-state index contributed by atoms with van der Waals surface area (Å²) >= 11 is 0. The van der Waals surface area contributed by atoms with Gasteiger partial charge in [-0.25, -0.2) is 0 Å². The molecule has 12 atom stereocenters. The van der Waals surface area contributed by atoms with Gasteiger partial charge in [0.05, 0.1) is 36.9 Å². The molecule has 178 valence electrons. The summed E-state index contributed by atoms with van der Waals surface area (Å²) in [6.45, 7) is 3.73. The summed E-state index contributed by atoms with van der Waals surface area (Å²) < 4.78 is 17.5. The number of carbonyl (C=O) groups excluding carboxylic acids is 1. The van der Waals surface area contributed by atoms with Gasteiger partial charge < -0.3 is 29.5 Å². The zero-order chi connectivity index (χ0) is 22.8. The minimum Gasteiger partial charge on any atom is -0.388 e. The maximum absolute atomic E-state index is 13.6.